The Morgan fingerprint density at radius 2 is 1.47 bits per heavy atom. The number of carbonyl (C=O) groups excluding carboxylic acids is 4. The molecule has 0 saturated heterocycles. The number of rotatable bonds is 17. The molecule has 0 amide bonds. The lowest BCUT2D eigenvalue weighted by atomic mass is 10.1. The third-order valence-electron chi connectivity index (χ3n) is 6.03. The molecule has 0 aromatic heterocycles. The van der Waals surface area contributed by atoms with Crippen LogP contribution in [-0.4, -0.2) is 71.3 Å². The van der Waals surface area contributed by atoms with Crippen molar-refractivity contribution in [2.45, 2.75) is 32.8 Å². The first kappa shape index (κ1) is 40.0. The molecule has 252 valence electrons. The van der Waals surface area contributed by atoms with Crippen molar-refractivity contribution in [2.24, 2.45) is 0 Å². The van der Waals surface area contributed by atoms with E-state index in [9.17, 15) is 14.4 Å². The summed E-state index contributed by atoms with van der Waals surface area (Å²) < 4.78 is 31.5. The first-order valence-corrected chi connectivity index (χ1v) is 14.8. The Kier molecular flexibility index (Phi) is 20.6. The third kappa shape index (κ3) is 17.3. The van der Waals surface area contributed by atoms with Crippen LogP contribution < -0.4 is 14.2 Å². The van der Waals surface area contributed by atoms with E-state index in [1.54, 1.807) is 55.6 Å². The summed E-state index contributed by atoms with van der Waals surface area (Å²) in [6.07, 6.45) is 4.96. The SMILES string of the molecule is C=CC(=O)OC(COC)COCCCCOc1ccc(C=O)cc1.C=CC=O.COc1ccc(C(=O)Oc2ccc(C)cc2C)cc1. The minimum absolute atomic E-state index is 0.277. The Hall–Kier alpha value is -5.06. The smallest absolute Gasteiger partial charge is 0.343 e. The van der Waals surface area contributed by atoms with Gasteiger partial charge in [0.05, 0.1) is 32.5 Å². The van der Waals surface area contributed by atoms with E-state index < -0.39 is 12.1 Å². The number of aldehydes is 2. The van der Waals surface area contributed by atoms with Crippen molar-refractivity contribution in [3.63, 3.8) is 0 Å². The highest BCUT2D eigenvalue weighted by Crippen LogP contribution is 2.21. The molecule has 0 aliphatic heterocycles. The molecule has 3 rings (SSSR count). The zero-order valence-electron chi connectivity index (χ0n) is 27.5. The van der Waals surface area contributed by atoms with Gasteiger partial charge in [-0.05, 0) is 92.9 Å². The second-order valence-electron chi connectivity index (χ2n) is 9.79. The van der Waals surface area contributed by atoms with E-state index in [-0.39, 0.29) is 19.2 Å². The summed E-state index contributed by atoms with van der Waals surface area (Å²) in [7, 11) is 3.12. The molecule has 0 heterocycles. The van der Waals surface area contributed by atoms with Crippen LogP contribution in [0.2, 0.25) is 0 Å². The summed E-state index contributed by atoms with van der Waals surface area (Å²) in [6.45, 7) is 12.0. The molecule has 0 radical (unpaired) electrons. The molecule has 3 aromatic carbocycles. The lowest BCUT2D eigenvalue weighted by Crippen LogP contribution is -2.27. The van der Waals surface area contributed by atoms with Crippen LogP contribution in [0.25, 0.3) is 0 Å². The maximum absolute atomic E-state index is 12.0. The minimum atomic E-state index is -0.491. The fraction of sp³-hybridized carbons (Fsp3) is 0.297. The normalized spacial score (nSPS) is 10.4. The van der Waals surface area contributed by atoms with Crippen molar-refractivity contribution in [1.82, 2.24) is 0 Å². The second-order valence-corrected chi connectivity index (χ2v) is 9.79. The van der Waals surface area contributed by atoms with Crippen molar-refractivity contribution in [2.75, 3.05) is 40.6 Å². The van der Waals surface area contributed by atoms with Crippen LogP contribution in [0.1, 0.15) is 44.7 Å². The molecule has 0 aliphatic rings. The summed E-state index contributed by atoms with van der Waals surface area (Å²) in [4.78, 5) is 42.8. The summed E-state index contributed by atoms with van der Waals surface area (Å²) in [5.41, 5.74) is 3.21. The van der Waals surface area contributed by atoms with Crippen LogP contribution in [0.4, 0.5) is 0 Å². The highest BCUT2D eigenvalue weighted by Gasteiger charge is 2.13. The minimum Gasteiger partial charge on any atom is -0.497 e. The zero-order valence-corrected chi connectivity index (χ0v) is 27.5. The van der Waals surface area contributed by atoms with Gasteiger partial charge in [0.1, 0.15) is 35.9 Å². The number of allylic oxidation sites excluding steroid dienone is 1. The van der Waals surface area contributed by atoms with Gasteiger partial charge in [0, 0.05) is 25.4 Å². The predicted molar refractivity (Wildman–Crippen MR) is 179 cm³/mol. The fourth-order valence-corrected chi connectivity index (χ4v) is 3.67. The lowest BCUT2D eigenvalue weighted by Gasteiger charge is -2.16. The van der Waals surface area contributed by atoms with Gasteiger partial charge in [-0.15, -0.1) is 0 Å². The predicted octanol–water partition coefficient (Wildman–Crippen LogP) is 6.32. The number of unbranched alkanes of at least 4 members (excludes halogenated alkanes) is 1. The molecular weight excluding hydrogens is 604 g/mol. The highest BCUT2D eigenvalue weighted by atomic mass is 16.6. The number of methoxy groups -OCH3 is 2. The number of aryl methyl sites for hydroxylation is 2. The van der Waals surface area contributed by atoms with Gasteiger partial charge >= 0.3 is 11.9 Å². The van der Waals surface area contributed by atoms with E-state index in [0.717, 1.165) is 42.1 Å². The monoisotopic (exact) mass is 648 g/mol. The van der Waals surface area contributed by atoms with Gasteiger partial charge < -0.3 is 28.4 Å². The number of carbonyl (C=O) groups is 4. The molecule has 3 aromatic rings. The van der Waals surface area contributed by atoms with Gasteiger partial charge in [-0.1, -0.05) is 30.9 Å². The first-order chi connectivity index (χ1) is 22.7. The van der Waals surface area contributed by atoms with Gasteiger partial charge in [-0.2, -0.15) is 0 Å². The van der Waals surface area contributed by atoms with Crippen LogP contribution in [-0.2, 0) is 23.8 Å². The maximum Gasteiger partial charge on any atom is 0.343 e. The van der Waals surface area contributed by atoms with Crippen molar-refractivity contribution >= 4 is 24.5 Å². The van der Waals surface area contributed by atoms with E-state index in [0.29, 0.717) is 42.1 Å². The average molecular weight is 649 g/mol. The largest absolute Gasteiger partial charge is 0.497 e. The molecule has 10 heteroatoms. The quantitative estimate of drug-likeness (QED) is 0.0540. The van der Waals surface area contributed by atoms with Crippen LogP contribution in [0, 0.1) is 13.8 Å². The van der Waals surface area contributed by atoms with Crippen LogP contribution in [0.5, 0.6) is 17.2 Å². The first-order valence-electron chi connectivity index (χ1n) is 14.8. The summed E-state index contributed by atoms with van der Waals surface area (Å²) in [6, 6.07) is 19.5. The Labute approximate surface area is 276 Å². The molecule has 0 N–H and O–H groups in total. The highest BCUT2D eigenvalue weighted by molar-refractivity contribution is 5.91. The molecule has 0 bridgehead atoms. The van der Waals surface area contributed by atoms with Crippen LogP contribution in [0.3, 0.4) is 0 Å². The van der Waals surface area contributed by atoms with Gasteiger partial charge in [0.15, 0.2) is 0 Å². The molecule has 0 spiro atoms. The van der Waals surface area contributed by atoms with E-state index >= 15 is 0 Å². The molecule has 0 fully saturated rings. The molecular formula is C37H44O10. The van der Waals surface area contributed by atoms with E-state index in [2.05, 4.69) is 13.2 Å². The van der Waals surface area contributed by atoms with Gasteiger partial charge in [-0.3, -0.25) is 9.59 Å². The third-order valence-corrected chi connectivity index (χ3v) is 6.03. The van der Waals surface area contributed by atoms with Crippen LogP contribution >= 0.6 is 0 Å². The molecule has 1 unspecified atom stereocenters. The van der Waals surface area contributed by atoms with Crippen molar-refractivity contribution in [3.05, 3.63) is 114 Å². The number of hydrogen-bond donors (Lipinski definition) is 0. The Morgan fingerprint density at radius 3 is 2.02 bits per heavy atom. The molecule has 1 atom stereocenters. The van der Waals surface area contributed by atoms with Gasteiger partial charge in [-0.25, -0.2) is 9.59 Å². The number of ether oxygens (including phenoxy) is 6. The summed E-state index contributed by atoms with van der Waals surface area (Å²) in [5.74, 6) is 1.18. The van der Waals surface area contributed by atoms with Crippen molar-refractivity contribution in [3.8, 4) is 17.2 Å². The van der Waals surface area contributed by atoms with Crippen molar-refractivity contribution in [1.29, 1.82) is 0 Å². The Balaban J connectivity index is 0.000000429. The number of esters is 2. The fourth-order valence-electron chi connectivity index (χ4n) is 3.67. The lowest BCUT2D eigenvalue weighted by molar-refractivity contribution is -0.149. The molecule has 10 nitrogen and oxygen atoms in total. The zero-order chi connectivity index (χ0) is 34.9. The van der Waals surface area contributed by atoms with Gasteiger partial charge in [0.2, 0.25) is 0 Å². The van der Waals surface area contributed by atoms with E-state index in [1.165, 1.54) is 13.2 Å². The molecule has 0 saturated carbocycles. The molecule has 47 heavy (non-hydrogen) atoms. The summed E-state index contributed by atoms with van der Waals surface area (Å²) in [5, 5.41) is 0. The number of hydrogen-bond acceptors (Lipinski definition) is 10. The van der Waals surface area contributed by atoms with E-state index in [1.807, 2.05) is 32.0 Å². The maximum atomic E-state index is 12.0. The average Bonchev–Trinajstić information content (AvgIpc) is 3.09. The number of benzene rings is 3. The molecule has 0 aliphatic carbocycles. The summed E-state index contributed by atoms with van der Waals surface area (Å²) >= 11 is 0. The Morgan fingerprint density at radius 1 is 0.830 bits per heavy atom. The van der Waals surface area contributed by atoms with Gasteiger partial charge in [0.25, 0.3) is 0 Å². The standard InChI is InChI=1S/C18H24O6.C16H16O3.C3H4O/c1-3-18(20)24-17(13-21-2)14-22-10-4-5-11-23-16-8-6-15(12-19)7-9-16;1-11-4-9-15(12(2)10-11)19-16(17)13-5-7-14(18-3)8-6-13;1-2-3-4/h3,6-9,12,17H,1,4-5,10-11,13-14H2,2H3;4-10H,1-3H3;2-3H,1H2. The Bertz CT molecular complexity index is 1380. The topological polar surface area (TPSA) is 124 Å². The second kappa shape index (κ2) is 24.2. The van der Waals surface area contributed by atoms with Crippen molar-refractivity contribution < 1.29 is 47.6 Å². The van der Waals surface area contributed by atoms with Crippen LogP contribution in [0.15, 0.2) is 92.0 Å². The van der Waals surface area contributed by atoms with E-state index in [4.69, 9.17) is 33.2 Å².